The first-order valence-electron chi connectivity index (χ1n) is 8.14. The molecule has 1 heteroatoms. The van der Waals surface area contributed by atoms with E-state index >= 15 is 0 Å². The summed E-state index contributed by atoms with van der Waals surface area (Å²) in [6.07, 6.45) is 0. The summed E-state index contributed by atoms with van der Waals surface area (Å²) in [7, 11) is 0. The van der Waals surface area contributed by atoms with Gasteiger partial charge in [0.15, 0.2) is 0 Å². The Balaban J connectivity index is 1.78. The highest BCUT2D eigenvalue weighted by Gasteiger charge is 2.15. The summed E-state index contributed by atoms with van der Waals surface area (Å²) in [5.74, 6) is 0. The number of para-hydroxylation sites is 1. The molecule has 1 radical (unpaired) electrons. The van der Waals surface area contributed by atoms with Gasteiger partial charge in [0.05, 0.1) is 0 Å². The standard InChI is InChI=1S/C23H18N/c1-3-10-19(11-4-1)23(24-22-13-5-2-6-14-22)21-16-15-18-9-7-8-12-20(18)17-21/h1-17,24H. The fraction of sp³-hybridized carbons (Fsp3) is 0. The first kappa shape index (κ1) is 14.5. The van der Waals surface area contributed by atoms with E-state index in [2.05, 4.69) is 84.2 Å². The Hall–Kier alpha value is -3.06. The summed E-state index contributed by atoms with van der Waals surface area (Å²) in [4.78, 5) is 0. The third-order valence-corrected chi connectivity index (χ3v) is 4.14. The van der Waals surface area contributed by atoms with Crippen molar-refractivity contribution in [3.8, 4) is 0 Å². The number of benzene rings is 4. The van der Waals surface area contributed by atoms with Gasteiger partial charge in [0, 0.05) is 5.69 Å². The molecule has 115 valence electrons. The van der Waals surface area contributed by atoms with Gasteiger partial charge < -0.3 is 5.32 Å². The zero-order chi connectivity index (χ0) is 16.2. The Morgan fingerprint density at radius 2 is 1.12 bits per heavy atom. The minimum Gasteiger partial charge on any atom is -0.369 e. The predicted octanol–water partition coefficient (Wildman–Crippen LogP) is 5.88. The number of hydrogen-bond acceptors (Lipinski definition) is 1. The van der Waals surface area contributed by atoms with Crippen molar-refractivity contribution in [2.24, 2.45) is 0 Å². The molecule has 0 amide bonds. The molecule has 0 saturated heterocycles. The van der Waals surface area contributed by atoms with Crippen molar-refractivity contribution in [3.05, 3.63) is 120 Å². The monoisotopic (exact) mass is 308 g/mol. The van der Waals surface area contributed by atoms with E-state index in [-0.39, 0.29) is 0 Å². The largest absolute Gasteiger partial charge is 0.369 e. The molecule has 1 nitrogen and oxygen atoms in total. The average molecular weight is 308 g/mol. The molecule has 4 aromatic rings. The fourth-order valence-corrected chi connectivity index (χ4v) is 2.93. The third-order valence-electron chi connectivity index (χ3n) is 4.14. The Bertz CT molecular complexity index is 929. The molecular weight excluding hydrogens is 290 g/mol. The van der Waals surface area contributed by atoms with Crippen LogP contribution in [0.4, 0.5) is 5.69 Å². The predicted molar refractivity (Wildman–Crippen MR) is 102 cm³/mol. The van der Waals surface area contributed by atoms with Crippen LogP contribution in [0.25, 0.3) is 10.8 Å². The number of hydrogen-bond donors (Lipinski definition) is 1. The van der Waals surface area contributed by atoms with Gasteiger partial charge in [-0.3, -0.25) is 0 Å². The highest BCUT2D eigenvalue weighted by atomic mass is 14.9. The number of nitrogens with one attached hydrogen (secondary N) is 1. The van der Waals surface area contributed by atoms with E-state index in [1.807, 2.05) is 24.3 Å². The molecule has 0 unspecified atom stereocenters. The van der Waals surface area contributed by atoms with E-state index in [1.54, 1.807) is 0 Å². The van der Waals surface area contributed by atoms with Gasteiger partial charge in [-0.2, -0.15) is 0 Å². The molecule has 0 spiro atoms. The van der Waals surface area contributed by atoms with E-state index in [0.717, 1.165) is 11.7 Å². The van der Waals surface area contributed by atoms with Gasteiger partial charge in [0.2, 0.25) is 0 Å². The average Bonchev–Trinajstić information content (AvgIpc) is 2.67. The van der Waals surface area contributed by atoms with Crippen molar-refractivity contribution in [3.63, 3.8) is 0 Å². The highest BCUT2D eigenvalue weighted by Crippen LogP contribution is 2.28. The van der Waals surface area contributed by atoms with Gasteiger partial charge in [-0.05, 0) is 40.1 Å². The SMILES string of the molecule is c1ccc(N[C](c2ccccc2)c2ccc3ccccc3c2)cc1. The molecule has 0 aliphatic carbocycles. The van der Waals surface area contributed by atoms with Gasteiger partial charge in [-0.1, -0.05) is 84.9 Å². The van der Waals surface area contributed by atoms with E-state index in [1.165, 1.54) is 21.9 Å². The van der Waals surface area contributed by atoms with Crippen LogP contribution >= 0.6 is 0 Å². The summed E-state index contributed by atoms with van der Waals surface area (Å²) >= 11 is 0. The van der Waals surface area contributed by atoms with Crippen molar-refractivity contribution in [2.45, 2.75) is 0 Å². The maximum absolute atomic E-state index is 3.59. The second kappa shape index (κ2) is 6.59. The molecule has 0 aliphatic heterocycles. The minimum atomic E-state index is 1.09. The first-order valence-corrected chi connectivity index (χ1v) is 8.14. The van der Waals surface area contributed by atoms with Crippen LogP contribution in [0.5, 0.6) is 0 Å². The molecule has 0 saturated carbocycles. The Kier molecular flexibility index (Phi) is 3.99. The second-order valence-corrected chi connectivity index (χ2v) is 5.79. The fourth-order valence-electron chi connectivity index (χ4n) is 2.93. The molecule has 1 N–H and O–H groups in total. The highest BCUT2D eigenvalue weighted by molar-refractivity contribution is 5.84. The van der Waals surface area contributed by atoms with Crippen LogP contribution < -0.4 is 5.32 Å². The van der Waals surface area contributed by atoms with Crippen molar-refractivity contribution in [1.82, 2.24) is 0 Å². The van der Waals surface area contributed by atoms with Crippen LogP contribution in [0.3, 0.4) is 0 Å². The Morgan fingerprint density at radius 1 is 0.500 bits per heavy atom. The molecule has 0 heterocycles. The summed E-state index contributed by atoms with van der Waals surface area (Å²) in [6.45, 7) is 0. The number of fused-ring (bicyclic) bond motifs is 1. The van der Waals surface area contributed by atoms with Crippen molar-refractivity contribution in [2.75, 3.05) is 5.32 Å². The molecule has 0 bridgehead atoms. The second-order valence-electron chi connectivity index (χ2n) is 5.79. The van der Waals surface area contributed by atoms with E-state index < -0.39 is 0 Å². The number of anilines is 1. The van der Waals surface area contributed by atoms with E-state index in [9.17, 15) is 0 Å². The molecule has 24 heavy (non-hydrogen) atoms. The zero-order valence-corrected chi connectivity index (χ0v) is 13.3. The maximum atomic E-state index is 3.59. The van der Waals surface area contributed by atoms with Gasteiger partial charge in [0.25, 0.3) is 0 Å². The Labute approximate surface area is 142 Å². The van der Waals surface area contributed by atoms with Crippen LogP contribution in [0.1, 0.15) is 11.1 Å². The van der Waals surface area contributed by atoms with Crippen LogP contribution in [-0.2, 0) is 0 Å². The van der Waals surface area contributed by atoms with E-state index in [4.69, 9.17) is 0 Å². The van der Waals surface area contributed by atoms with Crippen molar-refractivity contribution < 1.29 is 0 Å². The molecule has 0 aromatic heterocycles. The molecule has 0 atom stereocenters. The van der Waals surface area contributed by atoms with Crippen LogP contribution in [0.2, 0.25) is 0 Å². The lowest BCUT2D eigenvalue weighted by molar-refractivity contribution is 1.20. The molecular formula is C23H18N. The molecule has 4 aromatic carbocycles. The smallest absolute Gasteiger partial charge is 0.120 e. The maximum Gasteiger partial charge on any atom is 0.120 e. The lowest BCUT2D eigenvalue weighted by Gasteiger charge is -2.20. The first-order chi connectivity index (χ1) is 11.9. The molecule has 0 fully saturated rings. The lowest BCUT2D eigenvalue weighted by Crippen LogP contribution is -2.13. The summed E-state index contributed by atoms with van der Waals surface area (Å²) in [5, 5.41) is 6.10. The summed E-state index contributed by atoms with van der Waals surface area (Å²) in [6, 6.07) is 37.0. The third kappa shape index (κ3) is 3.02. The van der Waals surface area contributed by atoms with Gasteiger partial charge in [0.1, 0.15) is 6.04 Å². The minimum absolute atomic E-state index is 1.09. The van der Waals surface area contributed by atoms with Crippen LogP contribution in [-0.4, -0.2) is 0 Å². The van der Waals surface area contributed by atoms with Gasteiger partial charge in [-0.15, -0.1) is 0 Å². The summed E-state index contributed by atoms with van der Waals surface area (Å²) in [5.41, 5.74) is 3.45. The van der Waals surface area contributed by atoms with Gasteiger partial charge in [-0.25, -0.2) is 0 Å². The normalized spacial score (nSPS) is 10.9. The van der Waals surface area contributed by atoms with Crippen molar-refractivity contribution >= 4 is 16.5 Å². The Morgan fingerprint density at radius 3 is 1.88 bits per heavy atom. The van der Waals surface area contributed by atoms with Crippen LogP contribution in [0, 0.1) is 6.04 Å². The quantitative estimate of drug-likeness (QED) is 0.496. The summed E-state index contributed by atoms with van der Waals surface area (Å²) < 4.78 is 0. The van der Waals surface area contributed by atoms with Crippen LogP contribution in [0.15, 0.2) is 103 Å². The van der Waals surface area contributed by atoms with Crippen molar-refractivity contribution in [1.29, 1.82) is 0 Å². The van der Waals surface area contributed by atoms with Gasteiger partial charge >= 0.3 is 0 Å². The topological polar surface area (TPSA) is 12.0 Å². The zero-order valence-electron chi connectivity index (χ0n) is 13.3. The van der Waals surface area contributed by atoms with E-state index in [0.29, 0.717) is 0 Å². The number of rotatable bonds is 4. The molecule has 0 aliphatic rings. The lowest BCUT2D eigenvalue weighted by atomic mass is 9.96. The molecule has 4 rings (SSSR count).